The maximum absolute atomic E-state index is 6.57. The molecule has 0 aliphatic heterocycles. The number of hydrogen-bond acceptors (Lipinski definition) is 2. The molecule has 0 saturated heterocycles. The Bertz CT molecular complexity index is 247. The predicted octanol–water partition coefficient (Wildman–Crippen LogP) is 4.46. The van der Waals surface area contributed by atoms with Crippen molar-refractivity contribution in [1.82, 2.24) is 0 Å². The molecule has 0 saturated carbocycles. The lowest BCUT2D eigenvalue weighted by atomic mass is 10.5. The quantitative estimate of drug-likeness (QED) is 0.482. The van der Waals surface area contributed by atoms with Crippen molar-refractivity contribution in [1.29, 1.82) is 0 Å². The summed E-state index contributed by atoms with van der Waals surface area (Å²) in [5.74, 6) is 0.0675. The standard InChI is InChI=1S/C15H38O2Si3/c1-11(2)19(9,12(3)4)16-15(18)17-20(10,13(5)6)14(7)8/h11-15H,1-10,18H3. The minimum absolute atomic E-state index is 0.0675. The molecule has 0 bridgehead atoms. The van der Waals surface area contributed by atoms with E-state index in [0.29, 0.717) is 22.2 Å². The predicted molar refractivity (Wildman–Crippen MR) is 99.5 cm³/mol. The molecule has 0 aromatic carbocycles. The third kappa shape index (κ3) is 4.80. The summed E-state index contributed by atoms with van der Waals surface area (Å²) in [7, 11) is -2.45. The van der Waals surface area contributed by atoms with Gasteiger partial charge in [0.1, 0.15) is 5.91 Å². The van der Waals surface area contributed by atoms with Crippen molar-refractivity contribution >= 4 is 26.9 Å². The van der Waals surface area contributed by atoms with E-state index in [4.69, 9.17) is 8.85 Å². The second-order valence-corrected chi connectivity index (χ2v) is 18.6. The molecule has 0 aliphatic carbocycles. The molecule has 0 amide bonds. The first-order valence-electron chi connectivity index (χ1n) is 8.23. The zero-order valence-corrected chi connectivity index (χ0v) is 19.7. The first-order chi connectivity index (χ1) is 8.87. The molecular weight excluding hydrogens is 296 g/mol. The molecule has 122 valence electrons. The van der Waals surface area contributed by atoms with Gasteiger partial charge in [0, 0.05) is 0 Å². The smallest absolute Gasteiger partial charge is 0.197 e. The maximum Gasteiger partial charge on any atom is 0.197 e. The van der Waals surface area contributed by atoms with E-state index >= 15 is 0 Å². The summed E-state index contributed by atoms with van der Waals surface area (Å²) in [6.07, 6.45) is 0. The van der Waals surface area contributed by atoms with Crippen LogP contribution in [0, 0.1) is 0 Å². The minimum atomic E-state index is -1.70. The van der Waals surface area contributed by atoms with Gasteiger partial charge >= 0.3 is 0 Å². The van der Waals surface area contributed by atoms with Crippen LogP contribution in [0.5, 0.6) is 0 Å². The molecule has 0 atom stereocenters. The highest BCUT2D eigenvalue weighted by Gasteiger charge is 2.42. The van der Waals surface area contributed by atoms with Crippen LogP contribution in [0.2, 0.25) is 35.3 Å². The fraction of sp³-hybridized carbons (Fsp3) is 1.00. The van der Waals surface area contributed by atoms with E-state index in [1.165, 1.54) is 0 Å². The highest BCUT2D eigenvalue weighted by Crippen LogP contribution is 2.37. The van der Waals surface area contributed by atoms with Gasteiger partial charge < -0.3 is 8.85 Å². The van der Waals surface area contributed by atoms with Crippen molar-refractivity contribution in [2.75, 3.05) is 0 Å². The van der Waals surface area contributed by atoms with Crippen LogP contribution in [0.3, 0.4) is 0 Å². The second kappa shape index (κ2) is 7.72. The summed E-state index contributed by atoms with van der Waals surface area (Å²) in [5, 5.41) is 0. The van der Waals surface area contributed by atoms with Crippen molar-refractivity contribution < 1.29 is 8.85 Å². The van der Waals surface area contributed by atoms with Crippen molar-refractivity contribution in [3.8, 4) is 0 Å². The SMILES string of the molecule is CC(C)[Si](C)(OC([SiH3])O[Si](C)(C(C)C)C(C)C)C(C)C. The van der Waals surface area contributed by atoms with E-state index in [9.17, 15) is 0 Å². The van der Waals surface area contributed by atoms with Gasteiger partial charge in [0.2, 0.25) is 0 Å². The van der Waals surface area contributed by atoms with Gasteiger partial charge in [-0.25, -0.2) is 0 Å². The molecule has 0 unspecified atom stereocenters. The molecule has 0 fully saturated rings. The zero-order chi connectivity index (χ0) is 16.3. The molecule has 2 nitrogen and oxygen atoms in total. The molecule has 0 aromatic rings. The lowest BCUT2D eigenvalue weighted by molar-refractivity contribution is 0.0515. The van der Waals surface area contributed by atoms with Gasteiger partial charge in [0.15, 0.2) is 16.6 Å². The summed E-state index contributed by atoms with van der Waals surface area (Å²) < 4.78 is 13.1. The van der Waals surface area contributed by atoms with Crippen LogP contribution in [0.4, 0.5) is 0 Å². The second-order valence-electron chi connectivity index (χ2n) is 7.79. The Morgan fingerprint density at radius 3 is 0.950 bits per heavy atom. The Morgan fingerprint density at radius 2 is 0.800 bits per heavy atom. The molecule has 5 heteroatoms. The van der Waals surface area contributed by atoms with Gasteiger partial charge in [-0.3, -0.25) is 0 Å². The normalized spacial score (nSPS) is 14.6. The minimum Gasteiger partial charge on any atom is -0.397 e. The van der Waals surface area contributed by atoms with Crippen LogP contribution >= 0.6 is 0 Å². The van der Waals surface area contributed by atoms with Crippen LogP contribution in [-0.4, -0.2) is 32.8 Å². The third-order valence-corrected chi connectivity index (χ3v) is 17.7. The van der Waals surface area contributed by atoms with E-state index in [1.54, 1.807) is 0 Å². The van der Waals surface area contributed by atoms with Crippen LogP contribution in [0.15, 0.2) is 0 Å². The number of hydrogen-bond donors (Lipinski definition) is 0. The Morgan fingerprint density at radius 1 is 0.600 bits per heavy atom. The van der Waals surface area contributed by atoms with Crippen LogP contribution < -0.4 is 0 Å². The molecule has 0 radical (unpaired) electrons. The first kappa shape index (κ1) is 20.6. The zero-order valence-electron chi connectivity index (χ0n) is 15.7. The fourth-order valence-electron chi connectivity index (χ4n) is 2.62. The first-order valence-corrected chi connectivity index (χ1v) is 14.5. The molecule has 0 aromatic heterocycles. The molecule has 0 heterocycles. The van der Waals surface area contributed by atoms with E-state index < -0.39 is 16.6 Å². The molecule has 0 rings (SSSR count). The molecule has 0 aliphatic rings. The summed E-state index contributed by atoms with van der Waals surface area (Å²) in [6.45, 7) is 23.2. The van der Waals surface area contributed by atoms with Gasteiger partial charge in [-0.1, -0.05) is 55.4 Å². The Hall–Kier alpha value is 0.571. The topological polar surface area (TPSA) is 18.5 Å². The maximum atomic E-state index is 6.57. The van der Waals surface area contributed by atoms with E-state index in [-0.39, 0.29) is 5.91 Å². The monoisotopic (exact) mass is 334 g/mol. The fourth-order valence-corrected chi connectivity index (χ4v) is 11.0. The van der Waals surface area contributed by atoms with Crippen LogP contribution in [0.1, 0.15) is 55.4 Å². The van der Waals surface area contributed by atoms with Crippen molar-refractivity contribution in [2.24, 2.45) is 0 Å². The van der Waals surface area contributed by atoms with Gasteiger partial charge in [0.25, 0.3) is 0 Å². The molecule has 20 heavy (non-hydrogen) atoms. The third-order valence-electron chi connectivity index (χ3n) is 5.43. The molecule has 0 N–H and O–H groups in total. The van der Waals surface area contributed by atoms with Gasteiger partial charge in [-0.15, -0.1) is 0 Å². The average Bonchev–Trinajstić information content (AvgIpc) is 2.27. The van der Waals surface area contributed by atoms with E-state index in [2.05, 4.69) is 68.5 Å². The highest BCUT2D eigenvalue weighted by molar-refractivity contribution is 6.76. The summed E-state index contributed by atoms with van der Waals surface area (Å²) in [6, 6.07) is 0. The Balaban J connectivity index is 4.97. The van der Waals surface area contributed by atoms with Crippen molar-refractivity contribution in [2.45, 2.75) is 96.6 Å². The summed E-state index contributed by atoms with van der Waals surface area (Å²) >= 11 is 0. The van der Waals surface area contributed by atoms with E-state index in [0.717, 1.165) is 10.2 Å². The molecule has 0 spiro atoms. The lowest BCUT2D eigenvalue weighted by Crippen LogP contribution is -2.51. The van der Waals surface area contributed by atoms with Crippen LogP contribution in [0.25, 0.3) is 0 Å². The Kier molecular flexibility index (Phi) is 7.94. The largest absolute Gasteiger partial charge is 0.397 e. The molecular formula is C15H38O2Si3. The van der Waals surface area contributed by atoms with Gasteiger partial charge in [0.05, 0.1) is 10.2 Å². The summed E-state index contributed by atoms with van der Waals surface area (Å²) in [4.78, 5) is 0. The lowest BCUT2D eigenvalue weighted by Gasteiger charge is -2.42. The Labute approximate surface area is 132 Å². The summed E-state index contributed by atoms with van der Waals surface area (Å²) in [5.41, 5.74) is 2.53. The van der Waals surface area contributed by atoms with Gasteiger partial charge in [-0.2, -0.15) is 0 Å². The van der Waals surface area contributed by atoms with Crippen molar-refractivity contribution in [3.05, 3.63) is 0 Å². The van der Waals surface area contributed by atoms with Crippen LogP contribution in [-0.2, 0) is 8.85 Å². The van der Waals surface area contributed by atoms with Gasteiger partial charge in [-0.05, 0) is 35.3 Å². The number of rotatable bonds is 8. The van der Waals surface area contributed by atoms with E-state index in [1.807, 2.05) is 0 Å². The van der Waals surface area contributed by atoms with Crippen molar-refractivity contribution in [3.63, 3.8) is 0 Å². The highest BCUT2D eigenvalue weighted by atomic mass is 28.4. The average molecular weight is 335 g/mol.